The molecule has 0 bridgehead atoms. The Morgan fingerprint density at radius 3 is 0.753 bits per heavy atom. The lowest BCUT2D eigenvalue weighted by atomic mass is 10.1. The Hall–Kier alpha value is -4.97. The fourth-order valence-electron chi connectivity index (χ4n) is 8.62. The molecule has 6 nitrogen and oxygen atoms in total. The Morgan fingerprint density at radius 1 is 0.259 bits per heavy atom. The van der Waals surface area contributed by atoms with Gasteiger partial charge in [0.2, 0.25) is 0 Å². The van der Waals surface area contributed by atoms with Crippen molar-refractivity contribution in [2.75, 3.05) is 13.2 Å². The van der Waals surface area contributed by atoms with E-state index in [2.05, 4.69) is 179 Å². The minimum Gasteiger partial charge on any atom is -0.462 e. The van der Waals surface area contributed by atoms with E-state index >= 15 is 0 Å². The molecule has 0 aromatic carbocycles. The summed E-state index contributed by atoms with van der Waals surface area (Å²) in [6.07, 6.45) is 98.2. The van der Waals surface area contributed by atoms with Crippen LogP contribution in [0.25, 0.3) is 0 Å². The highest BCUT2D eigenvalue weighted by molar-refractivity contribution is 5.71. The molecule has 456 valence electrons. The maximum absolute atomic E-state index is 12.9. The number of hydrogen-bond acceptors (Lipinski definition) is 6. The third-order valence-electron chi connectivity index (χ3n) is 13.5. The molecule has 0 aromatic rings. The molecule has 6 heteroatoms. The molecule has 0 amide bonds. The number of esters is 3. The van der Waals surface area contributed by atoms with Crippen LogP contribution in [0.2, 0.25) is 0 Å². The van der Waals surface area contributed by atoms with E-state index in [0.717, 1.165) is 173 Å². The maximum Gasteiger partial charge on any atom is 0.306 e. The van der Waals surface area contributed by atoms with E-state index in [1.54, 1.807) is 0 Å². The smallest absolute Gasteiger partial charge is 0.306 e. The molecule has 0 fully saturated rings. The molecule has 0 spiro atoms. The largest absolute Gasteiger partial charge is 0.462 e. The number of unbranched alkanes of at least 4 members (excludes halogenated alkanes) is 21. The van der Waals surface area contributed by atoms with Crippen molar-refractivity contribution >= 4 is 17.9 Å². The fourth-order valence-corrected chi connectivity index (χ4v) is 8.62. The first-order valence-electron chi connectivity index (χ1n) is 33.0. The lowest BCUT2D eigenvalue weighted by molar-refractivity contribution is -0.167. The zero-order valence-corrected chi connectivity index (χ0v) is 52.2. The lowest BCUT2D eigenvalue weighted by Crippen LogP contribution is -2.30. The van der Waals surface area contributed by atoms with Crippen LogP contribution >= 0.6 is 0 Å². The Bertz CT molecular complexity index is 1810. The molecule has 0 N–H and O–H groups in total. The molecular formula is C75H120O6. The number of ether oxygens (including phenoxy) is 3. The predicted molar refractivity (Wildman–Crippen MR) is 352 cm³/mol. The second kappa shape index (κ2) is 67.5. The molecule has 1 unspecified atom stereocenters. The van der Waals surface area contributed by atoms with Crippen molar-refractivity contribution in [3.05, 3.63) is 158 Å². The van der Waals surface area contributed by atoms with Gasteiger partial charge in [0.05, 0.1) is 0 Å². The average Bonchev–Trinajstić information content (AvgIpc) is 3.47. The highest BCUT2D eigenvalue weighted by Crippen LogP contribution is 2.14. The van der Waals surface area contributed by atoms with Gasteiger partial charge in [-0.15, -0.1) is 0 Å². The molecule has 0 aromatic heterocycles. The minimum atomic E-state index is -0.804. The molecule has 0 aliphatic carbocycles. The van der Waals surface area contributed by atoms with E-state index in [9.17, 15) is 14.4 Å². The van der Waals surface area contributed by atoms with Crippen molar-refractivity contribution in [3.8, 4) is 0 Å². The Morgan fingerprint density at radius 2 is 0.481 bits per heavy atom. The summed E-state index contributed by atoms with van der Waals surface area (Å²) in [5, 5.41) is 0. The summed E-state index contributed by atoms with van der Waals surface area (Å²) in [5.41, 5.74) is 0. The molecule has 81 heavy (non-hydrogen) atoms. The number of carbonyl (C=O) groups is 3. The first-order valence-corrected chi connectivity index (χ1v) is 33.0. The highest BCUT2D eigenvalue weighted by atomic mass is 16.6. The average molecular weight is 1120 g/mol. The number of rotatable bonds is 58. The van der Waals surface area contributed by atoms with E-state index in [1.165, 1.54) is 64.2 Å². The van der Waals surface area contributed by atoms with Crippen LogP contribution in [-0.2, 0) is 28.6 Å². The molecular weight excluding hydrogens is 997 g/mol. The Labute approximate surface area is 499 Å². The van der Waals surface area contributed by atoms with Crippen LogP contribution in [0.4, 0.5) is 0 Å². The predicted octanol–water partition coefficient (Wildman–Crippen LogP) is 22.9. The lowest BCUT2D eigenvalue weighted by Gasteiger charge is -2.18. The van der Waals surface area contributed by atoms with Crippen LogP contribution in [0.1, 0.15) is 278 Å². The summed E-state index contributed by atoms with van der Waals surface area (Å²) < 4.78 is 16.9. The van der Waals surface area contributed by atoms with Gasteiger partial charge in [-0.25, -0.2) is 0 Å². The normalized spacial score (nSPS) is 13.2. The first-order chi connectivity index (χ1) is 40.0. The fraction of sp³-hybridized carbons (Fsp3) is 0.613. The van der Waals surface area contributed by atoms with E-state index in [-0.39, 0.29) is 31.1 Å². The van der Waals surface area contributed by atoms with Gasteiger partial charge in [-0.3, -0.25) is 14.4 Å². The summed E-state index contributed by atoms with van der Waals surface area (Å²) in [6.45, 7) is 6.36. The molecule has 0 heterocycles. The summed E-state index contributed by atoms with van der Waals surface area (Å²) in [5.74, 6) is -0.938. The van der Waals surface area contributed by atoms with Gasteiger partial charge in [-0.2, -0.15) is 0 Å². The zero-order valence-electron chi connectivity index (χ0n) is 52.2. The Balaban J connectivity index is 4.39. The molecule has 0 saturated heterocycles. The highest BCUT2D eigenvalue weighted by Gasteiger charge is 2.19. The third-order valence-corrected chi connectivity index (χ3v) is 13.5. The molecule has 0 radical (unpaired) electrons. The monoisotopic (exact) mass is 1120 g/mol. The van der Waals surface area contributed by atoms with Crippen LogP contribution in [0.15, 0.2) is 158 Å². The Kier molecular flexibility index (Phi) is 63.4. The molecule has 0 saturated carbocycles. The number of allylic oxidation sites excluding steroid dienone is 26. The van der Waals surface area contributed by atoms with E-state index in [4.69, 9.17) is 14.2 Å². The van der Waals surface area contributed by atoms with Crippen molar-refractivity contribution in [2.24, 2.45) is 0 Å². The van der Waals surface area contributed by atoms with Crippen LogP contribution in [-0.4, -0.2) is 37.2 Å². The second-order valence-electron chi connectivity index (χ2n) is 21.3. The van der Waals surface area contributed by atoms with Gasteiger partial charge in [0.25, 0.3) is 0 Å². The van der Waals surface area contributed by atoms with Crippen LogP contribution in [0.3, 0.4) is 0 Å². The molecule has 1 atom stereocenters. The van der Waals surface area contributed by atoms with Crippen LogP contribution in [0.5, 0.6) is 0 Å². The van der Waals surface area contributed by atoms with Gasteiger partial charge in [-0.05, 0) is 148 Å². The van der Waals surface area contributed by atoms with Crippen LogP contribution in [0, 0.1) is 0 Å². The van der Waals surface area contributed by atoms with Crippen molar-refractivity contribution in [1.29, 1.82) is 0 Å². The molecule has 0 rings (SSSR count). The van der Waals surface area contributed by atoms with Gasteiger partial charge in [0.15, 0.2) is 6.10 Å². The number of carbonyl (C=O) groups excluding carboxylic acids is 3. The minimum absolute atomic E-state index is 0.0996. The van der Waals surface area contributed by atoms with Gasteiger partial charge < -0.3 is 14.2 Å². The van der Waals surface area contributed by atoms with E-state index < -0.39 is 6.10 Å². The van der Waals surface area contributed by atoms with E-state index in [0.29, 0.717) is 19.3 Å². The first kappa shape index (κ1) is 76.0. The molecule has 0 aliphatic heterocycles. The standard InChI is InChI=1S/C75H120O6/c1-4-7-10-13-16-19-22-25-28-30-31-32-33-34-35-36-37-38-39-40-41-42-43-45-47-50-53-56-59-62-65-68-74(77)80-71-72(70-79-73(76)67-64-61-58-55-52-49-46-27-24-21-18-15-12-9-6-3)81-75(78)69-66-63-60-57-54-51-48-44-29-26-23-20-17-14-11-8-5-2/h7-8,10-11,16-21,25-29,31-32,34-35,37-38,40-41,43,45-46,72H,4-6,9,12-15,22-24,30,33,36,39,42,44,47-71H2,1-3H3/b10-7-,11-8-,19-16-,20-17-,21-18-,28-25-,29-26-,32-31-,35-34-,38-37-,41-40-,45-43-,46-27-. The third kappa shape index (κ3) is 65.7. The van der Waals surface area contributed by atoms with Crippen molar-refractivity contribution in [3.63, 3.8) is 0 Å². The summed E-state index contributed by atoms with van der Waals surface area (Å²) in [6, 6.07) is 0. The summed E-state index contributed by atoms with van der Waals surface area (Å²) in [7, 11) is 0. The molecule has 0 aliphatic rings. The van der Waals surface area contributed by atoms with Gasteiger partial charge in [-0.1, -0.05) is 269 Å². The zero-order chi connectivity index (χ0) is 58.5. The maximum atomic E-state index is 12.9. The summed E-state index contributed by atoms with van der Waals surface area (Å²) in [4.78, 5) is 38.4. The topological polar surface area (TPSA) is 78.9 Å². The second-order valence-corrected chi connectivity index (χ2v) is 21.3. The van der Waals surface area contributed by atoms with Crippen LogP contribution < -0.4 is 0 Å². The van der Waals surface area contributed by atoms with Gasteiger partial charge in [0.1, 0.15) is 13.2 Å². The van der Waals surface area contributed by atoms with E-state index in [1.807, 2.05) is 0 Å². The van der Waals surface area contributed by atoms with Crippen molar-refractivity contribution in [2.45, 2.75) is 284 Å². The SMILES string of the molecule is CC/C=C\C/C=C\C/C=C\C/C=C\C/C=C\C/C=C\C/C=C\C/C=C\CCCCCCCCC(=O)OCC(COC(=O)CCCCCCC/C=C\C/C=C\CCCCC)OC(=O)CCCCCCCCC/C=C\C/C=C\C/C=C\CC. The number of hydrogen-bond donors (Lipinski definition) is 0. The van der Waals surface area contributed by atoms with Gasteiger partial charge in [0, 0.05) is 19.3 Å². The summed E-state index contributed by atoms with van der Waals surface area (Å²) >= 11 is 0. The quantitative estimate of drug-likeness (QED) is 0.0261. The van der Waals surface area contributed by atoms with Crippen molar-refractivity contribution < 1.29 is 28.6 Å². The van der Waals surface area contributed by atoms with Crippen molar-refractivity contribution in [1.82, 2.24) is 0 Å². The van der Waals surface area contributed by atoms with Gasteiger partial charge >= 0.3 is 17.9 Å².